The molecule has 4 heteroatoms. The number of benzene rings is 2. The number of aliphatic hydroxyl groups excluding tert-OH is 1. The van der Waals surface area contributed by atoms with Gasteiger partial charge in [0.25, 0.3) is 5.91 Å². The molecular formula is C23H29NO3. The van der Waals surface area contributed by atoms with Gasteiger partial charge >= 0.3 is 0 Å². The smallest absolute Gasteiger partial charge is 0.255 e. The predicted octanol–water partition coefficient (Wildman–Crippen LogP) is 4.56. The quantitative estimate of drug-likeness (QED) is 0.806. The molecule has 0 spiro atoms. The second-order valence-electron chi connectivity index (χ2n) is 8.26. The van der Waals surface area contributed by atoms with E-state index in [0.717, 1.165) is 35.1 Å². The Kier molecular flexibility index (Phi) is 5.41. The molecule has 3 rings (SSSR count). The van der Waals surface area contributed by atoms with Gasteiger partial charge in [0, 0.05) is 23.8 Å². The van der Waals surface area contributed by atoms with Gasteiger partial charge in [0.15, 0.2) is 6.29 Å². The molecule has 2 aromatic carbocycles. The van der Waals surface area contributed by atoms with Crippen LogP contribution in [0.1, 0.15) is 72.1 Å². The van der Waals surface area contributed by atoms with Gasteiger partial charge < -0.3 is 14.7 Å². The lowest BCUT2D eigenvalue weighted by molar-refractivity contribution is -0.0770. The Labute approximate surface area is 161 Å². The van der Waals surface area contributed by atoms with Gasteiger partial charge in [-0.05, 0) is 69.4 Å². The average Bonchev–Trinajstić information content (AvgIpc) is 3.03. The fraction of sp³-hybridized carbons (Fsp3) is 0.435. The lowest BCUT2D eigenvalue weighted by Crippen LogP contribution is -2.47. The maximum absolute atomic E-state index is 13.5. The van der Waals surface area contributed by atoms with Crippen molar-refractivity contribution in [3.63, 3.8) is 0 Å². The van der Waals surface area contributed by atoms with E-state index in [-0.39, 0.29) is 17.5 Å². The number of methoxy groups -OCH3 is 1. The molecule has 0 saturated carbocycles. The van der Waals surface area contributed by atoms with Gasteiger partial charge in [0.2, 0.25) is 0 Å². The molecule has 144 valence electrons. The zero-order valence-electron chi connectivity index (χ0n) is 16.8. The molecule has 0 heterocycles. The highest BCUT2D eigenvalue weighted by Crippen LogP contribution is 2.41. The highest BCUT2D eigenvalue weighted by Gasteiger charge is 2.38. The summed E-state index contributed by atoms with van der Waals surface area (Å²) in [5.41, 5.74) is 4.47. The zero-order chi connectivity index (χ0) is 19.8. The topological polar surface area (TPSA) is 49.8 Å². The van der Waals surface area contributed by atoms with Crippen molar-refractivity contribution in [3.05, 3.63) is 70.3 Å². The van der Waals surface area contributed by atoms with E-state index in [1.54, 1.807) is 0 Å². The summed E-state index contributed by atoms with van der Waals surface area (Å²) in [6, 6.07) is 13.7. The summed E-state index contributed by atoms with van der Waals surface area (Å²) in [4.78, 5) is 15.5. The minimum absolute atomic E-state index is 0.0175. The number of rotatable bonds is 4. The summed E-state index contributed by atoms with van der Waals surface area (Å²) in [6.07, 6.45) is 0.861. The van der Waals surface area contributed by atoms with Crippen LogP contribution in [-0.4, -0.2) is 28.6 Å². The van der Waals surface area contributed by atoms with Crippen molar-refractivity contribution < 1.29 is 14.6 Å². The van der Waals surface area contributed by atoms with Gasteiger partial charge in [0.1, 0.15) is 0 Å². The second kappa shape index (κ2) is 7.45. The Morgan fingerprint density at radius 1 is 1.22 bits per heavy atom. The first-order valence-electron chi connectivity index (χ1n) is 9.47. The zero-order valence-corrected chi connectivity index (χ0v) is 16.8. The van der Waals surface area contributed by atoms with Crippen LogP contribution in [0.15, 0.2) is 42.5 Å². The SMILES string of the molecule is COC(O)c1ccc2c(c1)C(N(C(=O)c1ccccc1C)C(C)(C)C)CC2. The number of aryl methyl sites for hydroxylation is 2. The van der Waals surface area contributed by atoms with E-state index in [0.29, 0.717) is 0 Å². The van der Waals surface area contributed by atoms with E-state index >= 15 is 0 Å². The first-order chi connectivity index (χ1) is 12.7. The number of carbonyl (C=O) groups excluding carboxylic acids is 1. The lowest BCUT2D eigenvalue weighted by Gasteiger charge is -2.41. The molecule has 0 aliphatic heterocycles. The van der Waals surface area contributed by atoms with Crippen LogP contribution in [0.4, 0.5) is 0 Å². The minimum atomic E-state index is -0.952. The molecule has 4 nitrogen and oxygen atoms in total. The van der Waals surface area contributed by atoms with Crippen LogP contribution in [-0.2, 0) is 11.2 Å². The molecule has 2 unspecified atom stereocenters. The van der Waals surface area contributed by atoms with Crippen molar-refractivity contribution in [1.82, 2.24) is 4.90 Å². The number of ether oxygens (including phenoxy) is 1. The number of aliphatic hydroxyl groups is 1. The van der Waals surface area contributed by atoms with Crippen LogP contribution in [0.2, 0.25) is 0 Å². The molecule has 0 bridgehead atoms. The van der Waals surface area contributed by atoms with Crippen molar-refractivity contribution in [2.75, 3.05) is 7.11 Å². The highest BCUT2D eigenvalue weighted by molar-refractivity contribution is 5.96. The molecule has 1 N–H and O–H groups in total. The Balaban J connectivity index is 2.05. The summed E-state index contributed by atoms with van der Waals surface area (Å²) in [6.45, 7) is 8.21. The molecular weight excluding hydrogens is 338 g/mol. The number of amides is 1. The Hall–Kier alpha value is -2.17. The molecule has 27 heavy (non-hydrogen) atoms. The van der Waals surface area contributed by atoms with Gasteiger partial charge in [-0.25, -0.2) is 0 Å². The first-order valence-corrected chi connectivity index (χ1v) is 9.47. The van der Waals surface area contributed by atoms with Crippen LogP contribution in [0.5, 0.6) is 0 Å². The average molecular weight is 367 g/mol. The predicted molar refractivity (Wildman–Crippen MR) is 107 cm³/mol. The third-order valence-electron chi connectivity index (χ3n) is 5.35. The monoisotopic (exact) mass is 367 g/mol. The van der Waals surface area contributed by atoms with E-state index in [4.69, 9.17) is 4.74 Å². The number of hydrogen-bond acceptors (Lipinski definition) is 3. The van der Waals surface area contributed by atoms with Crippen molar-refractivity contribution >= 4 is 5.91 Å². The van der Waals surface area contributed by atoms with Crippen molar-refractivity contribution in [2.45, 2.75) is 58.4 Å². The van der Waals surface area contributed by atoms with E-state index in [1.807, 2.05) is 54.3 Å². The summed E-state index contributed by atoms with van der Waals surface area (Å²) in [5.74, 6) is 0.0520. The Bertz CT molecular complexity index is 838. The summed E-state index contributed by atoms with van der Waals surface area (Å²) in [7, 11) is 1.48. The molecule has 2 atom stereocenters. The maximum Gasteiger partial charge on any atom is 0.255 e. The molecule has 1 amide bonds. The standard InChI is InChI=1S/C23H29NO3/c1-15-8-6-7-9-18(15)21(25)24(23(2,3)4)20-13-12-16-10-11-17(14-19(16)20)22(26)27-5/h6-11,14,20,22,26H,12-13H2,1-5H3. The summed E-state index contributed by atoms with van der Waals surface area (Å²) >= 11 is 0. The summed E-state index contributed by atoms with van der Waals surface area (Å²) in [5, 5.41) is 10.1. The van der Waals surface area contributed by atoms with Crippen LogP contribution in [0, 0.1) is 6.92 Å². The Morgan fingerprint density at radius 3 is 2.56 bits per heavy atom. The molecule has 0 aromatic heterocycles. The molecule has 0 saturated heterocycles. The van der Waals surface area contributed by atoms with Crippen molar-refractivity contribution in [1.29, 1.82) is 0 Å². The van der Waals surface area contributed by atoms with Gasteiger partial charge in [-0.2, -0.15) is 0 Å². The molecule has 1 aliphatic carbocycles. The van der Waals surface area contributed by atoms with Crippen LogP contribution >= 0.6 is 0 Å². The fourth-order valence-corrected chi connectivity index (χ4v) is 4.01. The van der Waals surface area contributed by atoms with Crippen LogP contribution in [0.3, 0.4) is 0 Å². The lowest BCUT2D eigenvalue weighted by atomic mass is 9.95. The second-order valence-corrected chi connectivity index (χ2v) is 8.26. The molecule has 1 aliphatic rings. The van der Waals surface area contributed by atoms with E-state index in [2.05, 4.69) is 20.8 Å². The third-order valence-corrected chi connectivity index (χ3v) is 5.35. The van der Waals surface area contributed by atoms with Gasteiger partial charge in [-0.15, -0.1) is 0 Å². The van der Waals surface area contributed by atoms with Gasteiger partial charge in [-0.3, -0.25) is 4.79 Å². The third kappa shape index (κ3) is 3.78. The van der Waals surface area contributed by atoms with Crippen molar-refractivity contribution in [3.8, 4) is 0 Å². The molecule has 2 aromatic rings. The molecule has 0 radical (unpaired) electrons. The van der Waals surface area contributed by atoms with E-state index in [1.165, 1.54) is 12.7 Å². The van der Waals surface area contributed by atoms with E-state index < -0.39 is 6.29 Å². The van der Waals surface area contributed by atoms with Crippen molar-refractivity contribution in [2.24, 2.45) is 0 Å². The van der Waals surface area contributed by atoms with E-state index in [9.17, 15) is 9.90 Å². The normalized spacial score (nSPS) is 17.5. The number of hydrogen-bond donors (Lipinski definition) is 1. The van der Waals surface area contributed by atoms with Crippen LogP contribution < -0.4 is 0 Å². The number of nitrogens with zero attached hydrogens (tertiary/aromatic N) is 1. The fourth-order valence-electron chi connectivity index (χ4n) is 4.01. The number of carbonyl (C=O) groups is 1. The van der Waals surface area contributed by atoms with Gasteiger partial charge in [-0.1, -0.05) is 30.3 Å². The van der Waals surface area contributed by atoms with Crippen LogP contribution in [0.25, 0.3) is 0 Å². The van der Waals surface area contributed by atoms with Gasteiger partial charge in [0.05, 0.1) is 6.04 Å². The first kappa shape index (κ1) is 19.6. The summed E-state index contributed by atoms with van der Waals surface area (Å²) < 4.78 is 5.07. The minimum Gasteiger partial charge on any atom is -0.364 e. The number of fused-ring (bicyclic) bond motifs is 1. The Morgan fingerprint density at radius 2 is 1.93 bits per heavy atom. The highest BCUT2D eigenvalue weighted by atomic mass is 16.6. The molecule has 0 fully saturated rings. The largest absolute Gasteiger partial charge is 0.364 e. The maximum atomic E-state index is 13.5.